The highest BCUT2D eigenvalue weighted by atomic mass is 16.5. The van der Waals surface area contributed by atoms with Crippen LogP contribution in [0.5, 0.6) is 5.75 Å². The van der Waals surface area contributed by atoms with E-state index in [9.17, 15) is 4.79 Å². The third-order valence-electron chi connectivity index (χ3n) is 4.59. The predicted molar refractivity (Wildman–Crippen MR) is 112 cm³/mol. The van der Waals surface area contributed by atoms with E-state index in [1.165, 1.54) is 7.11 Å². The number of aromatic nitrogens is 2. The number of anilines is 3. The molecular formula is C22H22N4O3. The Morgan fingerprint density at radius 2 is 1.83 bits per heavy atom. The Kier molecular flexibility index (Phi) is 5.29. The van der Waals surface area contributed by atoms with E-state index in [0.29, 0.717) is 34.8 Å². The molecule has 0 radical (unpaired) electrons. The molecule has 7 nitrogen and oxygen atoms in total. The summed E-state index contributed by atoms with van der Waals surface area (Å²) in [6.07, 6.45) is 2.24. The number of esters is 1. The number of nitrogens with zero attached hydrogens (tertiary/aromatic N) is 2. The zero-order valence-electron chi connectivity index (χ0n) is 16.3. The summed E-state index contributed by atoms with van der Waals surface area (Å²) < 4.78 is 10.3. The monoisotopic (exact) mass is 390 g/mol. The second-order valence-corrected chi connectivity index (χ2v) is 6.78. The number of hydrogen-bond donors (Lipinski definition) is 2. The molecule has 3 aromatic rings. The molecule has 0 spiro atoms. The van der Waals surface area contributed by atoms with E-state index in [1.54, 1.807) is 25.3 Å². The lowest BCUT2D eigenvalue weighted by Crippen LogP contribution is -2.08. The van der Waals surface area contributed by atoms with E-state index in [-0.39, 0.29) is 0 Å². The highest BCUT2D eigenvalue weighted by Gasteiger charge is 2.22. The van der Waals surface area contributed by atoms with Gasteiger partial charge in [-0.2, -0.15) is 4.98 Å². The number of methoxy groups -OCH3 is 2. The van der Waals surface area contributed by atoms with Crippen LogP contribution in [0.1, 0.15) is 23.2 Å². The molecule has 0 amide bonds. The first-order valence-electron chi connectivity index (χ1n) is 9.40. The van der Waals surface area contributed by atoms with Gasteiger partial charge in [-0.1, -0.05) is 30.3 Å². The van der Waals surface area contributed by atoms with Gasteiger partial charge >= 0.3 is 5.97 Å². The van der Waals surface area contributed by atoms with Gasteiger partial charge in [-0.15, -0.1) is 0 Å². The molecule has 1 heterocycles. The molecule has 148 valence electrons. The first-order chi connectivity index (χ1) is 14.2. The van der Waals surface area contributed by atoms with E-state index in [1.807, 2.05) is 36.4 Å². The summed E-state index contributed by atoms with van der Waals surface area (Å²) in [6.45, 7) is 0. The summed E-state index contributed by atoms with van der Waals surface area (Å²) in [7, 11) is 2.93. The molecule has 1 saturated carbocycles. The van der Waals surface area contributed by atoms with Gasteiger partial charge in [0.15, 0.2) is 0 Å². The Morgan fingerprint density at radius 3 is 2.52 bits per heavy atom. The standard InChI is InChI=1S/C22H22N4O3/c1-28-19-11-8-15(21(27)29-2)12-18(19)24-20-13-17(14-6-4-3-5-7-14)25-22(26-20)23-16-9-10-16/h3-8,11-13,16H,9-10H2,1-2H3,(H2,23,24,25,26). The van der Waals surface area contributed by atoms with Crippen molar-refractivity contribution in [3.05, 3.63) is 60.2 Å². The number of hydrogen-bond acceptors (Lipinski definition) is 7. The van der Waals surface area contributed by atoms with Crippen molar-refractivity contribution >= 4 is 23.4 Å². The Morgan fingerprint density at radius 1 is 1.03 bits per heavy atom. The van der Waals surface area contributed by atoms with Crippen molar-refractivity contribution in [1.29, 1.82) is 0 Å². The van der Waals surface area contributed by atoms with Crippen LogP contribution in [0.3, 0.4) is 0 Å². The minimum absolute atomic E-state index is 0.417. The Hall–Kier alpha value is -3.61. The predicted octanol–water partition coefficient (Wildman–Crippen LogP) is 4.26. The maximum absolute atomic E-state index is 11.9. The maximum atomic E-state index is 11.9. The minimum Gasteiger partial charge on any atom is -0.495 e. The van der Waals surface area contributed by atoms with Crippen LogP contribution < -0.4 is 15.4 Å². The lowest BCUT2D eigenvalue weighted by atomic mass is 10.1. The zero-order valence-corrected chi connectivity index (χ0v) is 16.3. The molecule has 29 heavy (non-hydrogen) atoms. The van der Waals surface area contributed by atoms with Crippen molar-refractivity contribution in [1.82, 2.24) is 9.97 Å². The summed E-state index contributed by atoms with van der Waals surface area (Å²) in [5.41, 5.74) is 2.83. The molecule has 2 aromatic carbocycles. The molecule has 0 unspecified atom stereocenters. The summed E-state index contributed by atoms with van der Waals surface area (Å²) in [6, 6.07) is 17.3. The first-order valence-corrected chi connectivity index (χ1v) is 9.40. The second kappa shape index (κ2) is 8.18. The van der Waals surface area contributed by atoms with Crippen LogP contribution in [0.25, 0.3) is 11.3 Å². The number of rotatable bonds is 7. The van der Waals surface area contributed by atoms with Crippen molar-refractivity contribution in [3.63, 3.8) is 0 Å². The summed E-state index contributed by atoms with van der Waals surface area (Å²) in [5.74, 6) is 1.34. The van der Waals surface area contributed by atoms with Gasteiger partial charge in [-0.05, 0) is 31.0 Å². The minimum atomic E-state index is -0.417. The fraction of sp³-hybridized carbons (Fsp3) is 0.227. The maximum Gasteiger partial charge on any atom is 0.337 e. The van der Waals surface area contributed by atoms with E-state index < -0.39 is 5.97 Å². The van der Waals surface area contributed by atoms with Crippen molar-refractivity contribution in [2.75, 3.05) is 24.9 Å². The molecule has 0 saturated heterocycles. The molecule has 1 aliphatic carbocycles. The van der Waals surface area contributed by atoms with Crippen molar-refractivity contribution in [3.8, 4) is 17.0 Å². The smallest absolute Gasteiger partial charge is 0.337 e. The molecule has 7 heteroatoms. The molecule has 0 atom stereocenters. The number of carbonyl (C=O) groups is 1. The molecule has 0 aliphatic heterocycles. The van der Waals surface area contributed by atoms with Crippen molar-refractivity contribution < 1.29 is 14.3 Å². The quantitative estimate of drug-likeness (QED) is 0.583. The van der Waals surface area contributed by atoms with Crippen LogP contribution in [-0.4, -0.2) is 36.2 Å². The molecule has 1 fully saturated rings. The number of carbonyl (C=O) groups excluding carboxylic acids is 1. The van der Waals surface area contributed by atoms with E-state index >= 15 is 0 Å². The van der Waals surface area contributed by atoms with Gasteiger partial charge in [-0.25, -0.2) is 9.78 Å². The first kappa shape index (κ1) is 18.7. The summed E-state index contributed by atoms with van der Waals surface area (Å²) in [4.78, 5) is 21.2. The van der Waals surface area contributed by atoms with E-state index in [2.05, 4.69) is 20.6 Å². The number of ether oxygens (including phenoxy) is 2. The molecule has 1 aliphatic rings. The van der Waals surface area contributed by atoms with Gasteiger partial charge in [0.1, 0.15) is 11.6 Å². The highest BCUT2D eigenvalue weighted by Crippen LogP contribution is 2.31. The Labute approximate surface area is 169 Å². The van der Waals surface area contributed by atoms with Crippen LogP contribution >= 0.6 is 0 Å². The third kappa shape index (κ3) is 4.45. The number of benzene rings is 2. The highest BCUT2D eigenvalue weighted by molar-refractivity contribution is 5.91. The van der Waals surface area contributed by atoms with E-state index in [4.69, 9.17) is 9.47 Å². The van der Waals surface area contributed by atoms with Crippen LogP contribution in [0, 0.1) is 0 Å². The lowest BCUT2D eigenvalue weighted by Gasteiger charge is -2.14. The molecule has 1 aromatic heterocycles. The molecule has 0 bridgehead atoms. The van der Waals surface area contributed by atoms with Gasteiger partial charge in [0.05, 0.1) is 31.2 Å². The fourth-order valence-corrected chi connectivity index (χ4v) is 2.93. The largest absolute Gasteiger partial charge is 0.495 e. The third-order valence-corrected chi connectivity index (χ3v) is 4.59. The van der Waals surface area contributed by atoms with Crippen LogP contribution in [-0.2, 0) is 4.74 Å². The topological polar surface area (TPSA) is 85.4 Å². The van der Waals surface area contributed by atoms with Crippen molar-refractivity contribution in [2.24, 2.45) is 0 Å². The normalized spacial score (nSPS) is 12.9. The molecule has 4 rings (SSSR count). The second-order valence-electron chi connectivity index (χ2n) is 6.78. The van der Waals surface area contributed by atoms with Crippen LogP contribution in [0.2, 0.25) is 0 Å². The van der Waals surface area contributed by atoms with E-state index in [0.717, 1.165) is 24.1 Å². The SMILES string of the molecule is COC(=O)c1ccc(OC)c(Nc2cc(-c3ccccc3)nc(NC3CC3)n2)c1. The van der Waals surface area contributed by atoms with Gasteiger partial charge in [-0.3, -0.25) is 0 Å². The van der Waals surface area contributed by atoms with Gasteiger partial charge in [0.2, 0.25) is 5.95 Å². The lowest BCUT2D eigenvalue weighted by molar-refractivity contribution is 0.0600. The fourth-order valence-electron chi connectivity index (χ4n) is 2.93. The van der Waals surface area contributed by atoms with Crippen LogP contribution in [0.15, 0.2) is 54.6 Å². The zero-order chi connectivity index (χ0) is 20.2. The Balaban J connectivity index is 1.71. The van der Waals surface area contributed by atoms with Crippen molar-refractivity contribution in [2.45, 2.75) is 18.9 Å². The van der Waals surface area contributed by atoms with Crippen LogP contribution in [0.4, 0.5) is 17.5 Å². The van der Waals surface area contributed by atoms with Gasteiger partial charge < -0.3 is 20.1 Å². The number of nitrogens with one attached hydrogen (secondary N) is 2. The van der Waals surface area contributed by atoms with Gasteiger partial charge in [0.25, 0.3) is 0 Å². The average Bonchev–Trinajstić information content (AvgIpc) is 3.57. The van der Waals surface area contributed by atoms with Gasteiger partial charge in [0, 0.05) is 17.7 Å². The Bertz CT molecular complexity index is 1020. The molecular weight excluding hydrogens is 368 g/mol. The molecule has 2 N–H and O–H groups in total. The summed E-state index contributed by atoms with van der Waals surface area (Å²) >= 11 is 0. The summed E-state index contributed by atoms with van der Waals surface area (Å²) in [5, 5.41) is 6.62. The average molecular weight is 390 g/mol.